The molecule has 5 nitrogen and oxygen atoms in total. The Balaban J connectivity index is 1.72. The normalized spacial score (nSPS) is 40.0. The van der Waals surface area contributed by atoms with Gasteiger partial charge in [-0.05, 0) is 61.7 Å². The minimum atomic E-state index is -0.451. The van der Waals surface area contributed by atoms with E-state index in [0.29, 0.717) is 5.69 Å². The molecule has 1 heterocycles. The van der Waals surface area contributed by atoms with Gasteiger partial charge in [0.25, 0.3) is 5.56 Å². The van der Waals surface area contributed by atoms with Crippen molar-refractivity contribution in [3.8, 4) is 0 Å². The van der Waals surface area contributed by atoms with Gasteiger partial charge in [0, 0.05) is 11.8 Å². The van der Waals surface area contributed by atoms with Gasteiger partial charge < -0.3 is 10.7 Å². The van der Waals surface area contributed by atoms with Crippen molar-refractivity contribution in [2.75, 3.05) is 0 Å². The molecule has 0 spiro atoms. The van der Waals surface area contributed by atoms with Crippen LogP contribution in [-0.4, -0.2) is 9.97 Å². The molecule has 4 N–H and O–H groups in total. The highest BCUT2D eigenvalue weighted by atomic mass is 16.2. The Labute approximate surface area is 117 Å². The lowest BCUT2D eigenvalue weighted by Crippen LogP contribution is -2.51. The molecule has 4 saturated carbocycles. The van der Waals surface area contributed by atoms with Crippen LogP contribution in [0.5, 0.6) is 0 Å². The predicted octanol–water partition coefficient (Wildman–Crippen LogP) is 1.28. The van der Waals surface area contributed by atoms with Gasteiger partial charge in [0.15, 0.2) is 0 Å². The second kappa shape index (κ2) is 4.07. The van der Waals surface area contributed by atoms with Gasteiger partial charge in [-0.3, -0.25) is 9.78 Å². The maximum absolute atomic E-state index is 11.5. The smallest absolute Gasteiger partial charge is 0.322 e. The van der Waals surface area contributed by atoms with Crippen LogP contribution in [0.4, 0.5) is 0 Å². The summed E-state index contributed by atoms with van der Waals surface area (Å²) in [5.74, 6) is 2.42. The molecule has 0 saturated heterocycles. The summed E-state index contributed by atoms with van der Waals surface area (Å²) in [6.07, 6.45) is 7.56. The number of aromatic nitrogens is 2. The first-order valence-corrected chi connectivity index (χ1v) is 7.63. The van der Waals surface area contributed by atoms with E-state index in [1.807, 2.05) is 0 Å². The SMILES string of the molecule is NC(c1cc(=O)[nH]c(=O)[nH]1)C12CC3CC(CC(C3)C1)C2. The van der Waals surface area contributed by atoms with Crippen molar-refractivity contribution in [3.05, 3.63) is 32.6 Å². The van der Waals surface area contributed by atoms with E-state index in [0.717, 1.165) is 37.0 Å². The molecule has 4 aliphatic rings. The molecule has 4 aliphatic carbocycles. The van der Waals surface area contributed by atoms with Gasteiger partial charge in [-0.2, -0.15) is 0 Å². The van der Waals surface area contributed by atoms with Crippen molar-refractivity contribution in [3.63, 3.8) is 0 Å². The predicted molar refractivity (Wildman–Crippen MR) is 75.2 cm³/mol. The monoisotopic (exact) mass is 275 g/mol. The Morgan fingerprint density at radius 2 is 1.60 bits per heavy atom. The summed E-state index contributed by atoms with van der Waals surface area (Å²) in [6, 6.07) is 1.25. The van der Waals surface area contributed by atoms with Gasteiger partial charge in [0.1, 0.15) is 0 Å². The van der Waals surface area contributed by atoms with E-state index in [4.69, 9.17) is 5.73 Å². The third-order valence-electron chi connectivity index (χ3n) is 5.86. The fraction of sp³-hybridized carbons (Fsp3) is 0.733. The van der Waals surface area contributed by atoms with Gasteiger partial charge in [0.05, 0.1) is 6.04 Å². The molecule has 1 atom stereocenters. The summed E-state index contributed by atoms with van der Waals surface area (Å²) >= 11 is 0. The molecule has 4 bridgehead atoms. The van der Waals surface area contributed by atoms with E-state index in [-0.39, 0.29) is 17.0 Å². The number of nitrogens with one attached hydrogen (secondary N) is 2. The number of aromatic amines is 2. The molecule has 1 unspecified atom stereocenters. The maximum Gasteiger partial charge on any atom is 0.325 e. The molecule has 4 fully saturated rings. The quantitative estimate of drug-likeness (QED) is 0.759. The van der Waals surface area contributed by atoms with Crippen LogP contribution in [0.2, 0.25) is 0 Å². The third kappa shape index (κ3) is 1.79. The van der Waals surface area contributed by atoms with Crippen LogP contribution in [0, 0.1) is 23.2 Å². The number of hydrogen-bond donors (Lipinski definition) is 3. The summed E-state index contributed by atoms with van der Waals surface area (Å²) in [7, 11) is 0. The minimum Gasteiger partial charge on any atom is -0.322 e. The van der Waals surface area contributed by atoms with Crippen molar-refractivity contribution >= 4 is 0 Å². The van der Waals surface area contributed by atoms with E-state index in [1.54, 1.807) is 0 Å². The fourth-order valence-electron chi connectivity index (χ4n) is 5.54. The Kier molecular flexibility index (Phi) is 2.52. The molecular weight excluding hydrogens is 254 g/mol. The number of hydrogen-bond acceptors (Lipinski definition) is 3. The first-order valence-electron chi connectivity index (χ1n) is 7.63. The lowest BCUT2D eigenvalue weighted by molar-refractivity contribution is -0.0685. The molecule has 0 radical (unpaired) electrons. The third-order valence-corrected chi connectivity index (χ3v) is 5.86. The van der Waals surface area contributed by atoms with E-state index < -0.39 is 5.69 Å². The van der Waals surface area contributed by atoms with Crippen LogP contribution in [0.1, 0.15) is 50.3 Å². The lowest BCUT2D eigenvalue weighted by Gasteiger charge is -2.58. The summed E-state index contributed by atoms with van der Waals surface area (Å²) in [5.41, 5.74) is 6.41. The van der Waals surface area contributed by atoms with Crippen LogP contribution >= 0.6 is 0 Å². The van der Waals surface area contributed by atoms with Crippen LogP contribution in [0.3, 0.4) is 0 Å². The average molecular weight is 275 g/mol. The van der Waals surface area contributed by atoms with E-state index in [9.17, 15) is 9.59 Å². The van der Waals surface area contributed by atoms with E-state index in [1.165, 1.54) is 25.3 Å². The molecular formula is C15H21N3O2. The standard InChI is InChI=1S/C15H21N3O2/c16-13(11-4-12(19)18-14(20)17-11)15-5-8-1-9(6-15)3-10(2-8)7-15/h4,8-10,13H,1-3,5-7,16H2,(H2,17,18,19,20). The van der Waals surface area contributed by atoms with Crippen molar-refractivity contribution in [1.29, 1.82) is 0 Å². The second-order valence-electron chi connectivity index (χ2n) is 7.30. The molecule has 1 aromatic rings. The fourth-order valence-corrected chi connectivity index (χ4v) is 5.54. The highest BCUT2D eigenvalue weighted by Gasteiger charge is 2.53. The summed E-state index contributed by atoms with van der Waals surface area (Å²) in [5, 5.41) is 0. The first kappa shape index (κ1) is 12.4. The number of rotatable bonds is 2. The topological polar surface area (TPSA) is 91.7 Å². The average Bonchev–Trinajstić information content (AvgIpc) is 2.35. The van der Waals surface area contributed by atoms with Crippen molar-refractivity contribution in [1.82, 2.24) is 9.97 Å². The van der Waals surface area contributed by atoms with Crippen LogP contribution in [-0.2, 0) is 0 Å². The van der Waals surface area contributed by atoms with Crippen molar-refractivity contribution in [2.24, 2.45) is 28.9 Å². The van der Waals surface area contributed by atoms with Crippen molar-refractivity contribution < 1.29 is 0 Å². The summed E-state index contributed by atoms with van der Waals surface area (Å²) in [4.78, 5) is 27.9. The second-order valence-corrected chi connectivity index (χ2v) is 7.30. The van der Waals surface area contributed by atoms with Gasteiger partial charge in [0.2, 0.25) is 0 Å². The molecule has 5 rings (SSSR count). The number of H-pyrrole nitrogens is 2. The maximum atomic E-state index is 11.5. The largest absolute Gasteiger partial charge is 0.325 e. The molecule has 108 valence electrons. The van der Waals surface area contributed by atoms with Crippen LogP contribution < -0.4 is 17.0 Å². The van der Waals surface area contributed by atoms with Gasteiger partial charge in [-0.15, -0.1) is 0 Å². The zero-order valence-corrected chi connectivity index (χ0v) is 11.5. The highest BCUT2D eigenvalue weighted by molar-refractivity contribution is 5.14. The van der Waals surface area contributed by atoms with Crippen LogP contribution in [0.15, 0.2) is 15.7 Å². The van der Waals surface area contributed by atoms with Gasteiger partial charge in [-0.1, -0.05) is 0 Å². The molecule has 0 aliphatic heterocycles. The highest BCUT2D eigenvalue weighted by Crippen LogP contribution is 2.63. The molecule has 1 aromatic heterocycles. The zero-order valence-electron chi connectivity index (χ0n) is 11.5. The Morgan fingerprint density at radius 1 is 1.05 bits per heavy atom. The summed E-state index contributed by atoms with van der Waals surface area (Å²) in [6.45, 7) is 0. The molecule has 0 amide bonds. The molecule has 0 aromatic carbocycles. The summed E-state index contributed by atoms with van der Waals surface area (Å²) < 4.78 is 0. The van der Waals surface area contributed by atoms with E-state index >= 15 is 0 Å². The van der Waals surface area contributed by atoms with E-state index in [2.05, 4.69) is 9.97 Å². The number of nitrogens with two attached hydrogens (primary N) is 1. The van der Waals surface area contributed by atoms with Crippen molar-refractivity contribution in [2.45, 2.75) is 44.6 Å². The minimum absolute atomic E-state index is 0.103. The molecule has 5 heteroatoms. The zero-order chi connectivity index (χ0) is 13.9. The Morgan fingerprint density at radius 3 is 2.10 bits per heavy atom. The first-order chi connectivity index (χ1) is 9.54. The Bertz CT molecular complexity index is 581. The Hall–Kier alpha value is -1.36. The lowest BCUT2D eigenvalue weighted by atomic mass is 9.47. The van der Waals surface area contributed by atoms with Crippen LogP contribution in [0.25, 0.3) is 0 Å². The molecule has 20 heavy (non-hydrogen) atoms. The van der Waals surface area contributed by atoms with Gasteiger partial charge >= 0.3 is 5.69 Å². The van der Waals surface area contributed by atoms with Gasteiger partial charge in [-0.25, -0.2) is 4.79 Å².